The molecule has 0 aliphatic rings. The lowest BCUT2D eigenvalue weighted by atomic mass is 10.1. The zero-order valence-corrected chi connectivity index (χ0v) is 14.5. The van der Waals surface area contributed by atoms with Crippen molar-refractivity contribution in [1.29, 1.82) is 0 Å². The molecule has 5 nitrogen and oxygen atoms in total. The van der Waals surface area contributed by atoms with Gasteiger partial charge >= 0.3 is 5.97 Å². The Bertz CT molecular complexity index is 922. The molecule has 0 fully saturated rings. The standard InChI is InChI=1S/C20H20N2O3/c1-13-10-19(22-17-7-5-4-6-15(13)17)21-12-14-8-9-18(24-2)16(11-14)20(23)25-3/h4-11H,12H2,1-3H3,(H,21,22). The molecule has 0 aliphatic heterocycles. The van der Waals surface area contributed by atoms with E-state index in [1.54, 1.807) is 12.1 Å². The fraction of sp³-hybridized carbons (Fsp3) is 0.200. The van der Waals surface area contributed by atoms with Gasteiger partial charge in [0.05, 0.1) is 19.7 Å². The smallest absolute Gasteiger partial charge is 0.341 e. The minimum atomic E-state index is -0.418. The van der Waals surface area contributed by atoms with E-state index >= 15 is 0 Å². The number of rotatable bonds is 5. The number of fused-ring (bicyclic) bond motifs is 1. The van der Waals surface area contributed by atoms with Crippen molar-refractivity contribution in [3.8, 4) is 5.75 Å². The zero-order chi connectivity index (χ0) is 17.8. The van der Waals surface area contributed by atoms with Gasteiger partial charge in [-0.25, -0.2) is 9.78 Å². The molecular weight excluding hydrogens is 316 g/mol. The number of carbonyl (C=O) groups excluding carboxylic acids is 1. The van der Waals surface area contributed by atoms with Gasteiger partial charge in [-0.2, -0.15) is 0 Å². The van der Waals surface area contributed by atoms with Crippen LogP contribution in [-0.2, 0) is 11.3 Å². The second-order valence-corrected chi connectivity index (χ2v) is 5.72. The van der Waals surface area contributed by atoms with Gasteiger partial charge in [0.1, 0.15) is 17.1 Å². The van der Waals surface area contributed by atoms with Gasteiger partial charge in [-0.3, -0.25) is 0 Å². The monoisotopic (exact) mass is 336 g/mol. The number of aromatic nitrogens is 1. The molecule has 0 bridgehead atoms. The number of para-hydroxylation sites is 1. The molecule has 0 amide bonds. The highest BCUT2D eigenvalue weighted by atomic mass is 16.5. The Labute approximate surface area is 146 Å². The summed E-state index contributed by atoms with van der Waals surface area (Å²) in [5.74, 6) is 0.875. The highest BCUT2D eigenvalue weighted by Crippen LogP contribution is 2.23. The topological polar surface area (TPSA) is 60.5 Å². The van der Waals surface area contributed by atoms with Crippen LogP contribution in [0.15, 0.2) is 48.5 Å². The Morgan fingerprint density at radius 1 is 1.12 bits per heavy atom. The summed E-state index contributed by atoms with van der Waals surface area (Å²) in [5.41, 5.74) is 3.47. The van der Waals surface area contributed by atoms with E-state index in [4.69, 9.17) is 9.47 Å². The summed E-state index contributed by atoms with van der Waals surface area (Å²) in [6, 6.07) is 15.5. The van der Waals surface area contributed by atoms with Gasteiger partial charge in [0.25, 0.3) is 0 Å². The van der Waals surface area contributed by atoms with Gasteiger partial charge in [-0.1, -0.05) is 24.3 Å². The maximum Gasteiger partial charge on any atom is 0.341 e. The van der Waals surface area contributed by atoms with E-state index in [-0.39, 0.29) is 0 Å². The third kappa shape index (κ3) is 3.55. The van der Waals surface area contributed by atoms with Gasteiger partial charge in [0.15, 0.2) is 0 Å². The zero-order valence-electron chi connectivity index (χ0n) is 14.5. The summed E-state index contributed by atoms with van der Waals surface area (Å²) in [6.07, 6.45) is 0. The maximum atomic E-state index is 11.9. The van der Waals surface area contributed by atoms with Crippen LogP contribution >= 0.6 is 0 Å². The van der Waals surface area contributed by atoms with Gasteiger partial charge < -0.3 is 14.8 Å². The predicted molar refractivity (Wildman–Crippen MR) is 98.1 cm³/mol. The van der Waals surface area contributed by atoms with E-state index in [0.29, 0.717) is 17.9 Å². The molecule has 3 rings (SSSR count). The Morgan fingerprint density at radius 2 is 1.92 bits per heavy atom. The first kappa shape index (κ1) is 16.8. The van der Waals surface area contributed by atoms with Gasteiger partial charge in [-0.05, 0) is 42.3 Å². The average molecular weight is 336 g/mol. The van der Waals surface area contributed by atoms with Crippen molar-refractivity contribution in [2.75, 3.05) is 19.5 Å². The van der Waals surface area contributed by atoms with Crippen molar-refractivity contribution < 1.29 is 14.3 Å². The lowest BCUT2D eigenvalue weighted by Gasteiger charge is -2.11. The van der Waals surface area contributed by atoms with E-state index in [0.717, 1.165) is 27.8 Å². The number of nitrogens with zero attached hydrogens (tertiary/aromatic N) is 1. The van der Waals surface area contributed by atoms with Crippen LogP contribution in [0, 0.1) is 6.92 Å². The molecule has 0 radical (unpaired) electrons. The van der Waals surface area contributed by atoms with Crippen molar-refractivity contribution in [2.45, 2.75) is 13.5 Å². The molecule has 0 atom stereocenters. The quantitative estimate of drug-likeness (QED) is 0.715. The summed E-state index contributed by atoms with van der Waals surface area (Å²) < 4.78 is 10.0. The molecule has 25 heavy (non-hydrogen) atoms. The number of ether oxygens (including phenoxy) is 2. The highest BCUT2D eigenvalue weighted by molar-refractivity contribution is 5.92. The number of nitrogens with one attached hydrogen (secondary N) is 1. The second-order valence-electron chi connectivity index (χ2n) is 5.72. The number of aryl methyl sites for hydroxylation is 1. The lowest BCUT2D eigenvalue weighted by Crippen LogP contribution is -2.07. The molecule has 0 saturated carbocycles. The lowest BCUT2D eigenvalue weighted by molar-refractivity contribution is 0.0597. The molecule has 0 spiro atoms. The van der Waals surface area contributed by atoms with E-state index in [2.05, 4.69) is 23.3 Å². The van der Waals surface area contributed by atoms with Crippen LogP contribution in [0.1, 0.15) is 21.5 Å². The Hall–Kier alpha value is -3.08. The number of methoxy groups -OCH3 is 2. The summed E-state index contributed by atoms with van der Waals surface area (Å²) in [5, 5.41) is 4.46. The molecule has 1 heterocycles. The molecule has 2 aromatic carbocycles. The van der Waals surface area contributed by atoms with Crippen molar-refractivity contribution in [3.05, 3.63) is 65.2 Å². The van der Waals surface area contributed by atoms with Crippen LogP contribution < -0.4 is 10.1 Å². The molecular formula is C20H20N2O3. The molecule has 0 unspecified atom stereocenters. The van der Waals surface area contributed by atoms with E-state index in [1.807, 2.05) is 30.3 Å². The Kier molecular flexibility index (Phi) is 4.84. The van der Waals surface area contributed by atoms with E-state index in [9.17, 15) is 4.79 Å². The summed E-state index contributed by atoms with van der Waals surface area (Å²) in [4.78, 5) is 16.5. The molecule has 1 N–H and O–H groups in total. The number of pyridine rings is 1. The molecule has 0 aliphatic carbocycles. The number of hydrogen-bond acceptors (Lipinski definition) is 5. The van der Waals surface area contributed by atoms with Crippen LogP contribution in [0.4, 0.5) is 5.82 Å². The predicted octanol–water partition coefficient (Wildman–Crippen LogP) is 3.95. The molecule has 3 aromatic rings. The number of esters is 1. The van der Waals surface area contributed by atoms with Gasteiger partial charge in [-0.15, -0.1) is 0 Å². The third-order valence-electron chi connectivity index (χ3n) is 4.07. The maximum absolute atomic E-state index is 11.9. The van der Waals surface area contributed by atoms with E-state index in [1.165, 1.54) is 14.2 Å². The van der Waals surface area contributed by atoms with Crippen LogP contribution in [0.2, 0.25) is 0 Å². The highest BCUT2D eigenvalue weighted by Gasteiger charge is 2.13. The normalized spacial score (nSPS) is 10.5. The second kappa shape index (κ2) is 7.21. The number of benzene rings is 2. The minimum Gasteiger partial charge on any atom is -0.496 e. The third-order valence-corrected chi connectivity index (χ3v) is 4.07. The van der Waals surface area contributed by atoms with Crippen molar-refractivity contribution >= 4 is 22.7 Å². The first-order valence-corrected chi connectivity index (χ1v) is 7.98. The molecule has 0 saturated heterocycles. The van der Waals surface area contributed by atoms with Crippen molar-refractivity contribution in [2.24, 2.45) is 0 Å². The van der Waals surface area contributed by atoms with E-state index < -0.39 is 5.97 Å². The fourth-order valence-corrected chi connectivity index (χ4v) is 2.77. The van der Waals surface area contributed by atoms with Crippen molar-refractivity contribution in [3.63, 3.8) is 0 Å². The summed E-state index contributed by atoms with van der Waals surface area (Å²) in [7, 11) is 2.88. The van der Waals surface area contributed by atoms with Crippen LogP contribution in [0.3, 0.4) is 0 Å². The average Bonchev–Trinajstić information content (AvgIpc) is 2.65. The van der Waals surface area contributed by atoms with Crippen LogP contribution in [0.5, 0.6) is 5.75 Å². The number of carbonyl (C=O) groups is 1. The summed E-state index contributed by atoms with van der Waals surface area (Å²) in [6.45, 7) is 2.61. The molecule has 128 valence electrons. The SMILES string of the molecule is COC(=O)c1cc(CNc2cc(C)c3ccccc3n2)ccc1OC. The minimum absolute atomic E-state index is 0.409. The molecule has 1 aromatic heterocycles. The van der Waals surface area contributed by atoms with Crippen LogP contribution in [-0.4, -0.2) is 25.2 Å². The Morgan fingerprint density at radius 3 is 2.68 bits per heavy atom. The first-order valence-electron chi connectivity index (χ1n) is 7.98. The Balaban J connectivity index is 1.83. The number of anilines is 1. The van der Waals surface area contributed by atoms with Crippen LogP contribution in [0.25, 0.3) is 10.9 Å². The molecule has 5 heteroatoms. The van der Waals surface area contributed by atoms with Crippen molar-refractivity contribution in [1.82, 2.24) is 4.98 Å². The summed E-state index contributed by atoms with van der Waals surface area (Å²) >= 11 is 0. The largest absolute Gasteiger partial charge is 0.496 e. The number of hydrogen-bond donors (Lipinski definition) is 1. The first-order chi connectivity index (χ1) is 12.1. The fourth-order valence-electron chi connectivity index (χ4n) is 2.77. The van der Waals surface area contributed by atoms with Gasteiger partial charge in [0, 0.05) is 11.9 Å². The van der Waals surface area contributed by atoms with Gasteiger partial charge in [0.2, 0.25) is 0 Å².